The van der Waals surface area contributed by atoms with Crippen LogP contribution in [0.4, 0.5) is 5.69 Å². The number of aliphatic hydroxyl groups excluding tert-OH is 1. The summed E-state index contributed by atoms with van der Waals surface area (Å²) in [5.41, 5.74) is 4.94. The first-order chi connectivity index (χ1) is 17.0. The maximum Gasteiger partial charge on any atom is 0.259 e. The van der Waals surface area contributed by atoms with Crippen LogP contribution < -0.4 is 20.3 Å². The van der Waals surface area contributed by atoms with Gasteiger partial charge in [-0.25, -0.2) is 0 Å². The van der Waals surface area contributed by atoms with Gasteiger partial charge in [-0.2, -0.15) is 0 Å². The van der Waals surface area contributed by atoms with Crippen LogP contribution in [-0.2, 0) is 19.5 Å². The molecule has 0 fully saturated rings. The quantitative estimate of drug-likeness (QED) is 0.455. The van der Waals surface area contributed by atoms with Crippen LogP contribution in [0.3, 0.4) is 0 Å². The molecule has 0 saturated carbocycles. The number of rotatable bonds is 7. The second-order valence-corrected chi connectivity index (χ2v) is 8.90. The van der Waals surface area contributed by atoms with Crippen molar-refractivity contribution in [3.8, 4) is 5.75 Å². The Labute approximate surface area is 216 Å². The number of carbonyl (C=O) groups excluding carboxylic acids is 2. The van der Waals surface area contributed by atoms with Gasteiger partial charge in [-0.1, -0.05) is 42.5 Å². The van der Waals surface area contributed by atoms with E-state index in [1.165, 1.54) is 11.1 Å². The molecule has 2 aliphatic rings. The van der Waals surface area contributed by atoms with Gasteiger partial charge >= 0.3 is 0 Å². The van der Waals surface area contributed by atoms with E-state index in [9.17, 15) is 14.7 Å². The Hall–Kier alpha value is -3.39. The van der Waals surface area contributed by atoms with Crippen molar-refractivity contribution in [2.24, 2.45) is 0 Å². The Morgan fingerprint density at radius 2 is 1.83 bits per heavy atom. The molecule has 0 aromatic heterocycles. The molecule has 2 amide bonds. The molecule has 0 saturated heterocycles. The fourth-order valence-electron chi connectivity index (χ4n) is 4.80. The second-order valence-electron chi connectivity index (χ2n) is 8.90. The highest BCUT2D eigenvalue weighted by Crippen LogP contribution is 2.33. The van der Waals surface area contributed by atoms with Gasteiger partial charge in [0.1, 0.15) is 5.75 Å². The number of halogens is 1. The minimum Gasteiger partial charge on any atom is -0.493 e. The number of hydrogen-bond acceptors (Lipinski definition) is 5. The third-order valence-electron chi connectivity index (χ3n) is 6.67. The Kier molecular flexibility index (Phi) is 7.94. The lowest BCUT2D eigenvalue weighted by molar-refractivity contribution is 0.0866. The lowest BCUT2D eigenvalue weighted by Crippen LogP contribution is -2.49. The summed E-state index contributed by atoms with van der Waals surface area (Å²) in [7, 11) is 0. The van der Waals surface area contributed by atoms with Crippen molar-refractivity contribution in [3.63, 3.8) is 0 Å². The maximum absolute atomic E-state index is 13.1. The molecular weight excluding hydrogens is 478 g/mol. The van der Waals surface area contributed by atoms with Gasteiger partial charge in [-0.3, -0.25) is 9.59 Å². The predicted molar refractivity (Wildman–Crippen MR) is 141 cm³/mol. The number of nitrogens with one attached hydrogen (secondary N) is 2. The number of nitrogens with zero attached hydrogens (tertiary/aromatic N) is 1. The molecule has 36 heavy (non-hydrogen) atoms. The molecule has 2 unspecified atom stereocenters. The average molecular weight is 508 g/mol. The van der Waals surface area contributed by atoms with Crippen LogP contribution in [0.1, 0.15) is 44.3 Å². The molecule has 2 aliphatic heterocycles. The van der Waals surface area contributed by atoms with Gasteiger partial charge < -0.3 is 25.4 Å². The first kappa shape index (κ1) is 25.7. The van der Waals surface area contributed by atoms with Crippen molar-refractivity contribution in [1.82, 2.24) is 10.6 Å². The topological polar surface area (TPSA) is 90.9 Å². The molecule has 3 aromatic rings. The van der Waals surface area contributed by atoms with Crippen LogP contribution in [0.2, 0.25) is 0 Å². The number of amides is 2. The molecule has 0 aliphatic carbocycles. The van der Waals surface area contributed by atoms with Gasteiger partial charge in [-0.15, -0.1) is 12.4 Å². The van der Waals surface area contributed by atoms with Crippen molar-refractivity contribution in [3.05, 3.63) is 94.5 Å². The minimum atomic E-state index is -0.743. The van der Waals surface area contributed by atoms with E-state index in [0.29, 0.717) is 43.0 Å². The smallest absolute Gasteiger partial charge is 0.259 e. The number of para-hydroxylation sites is 1. The number of aliphatic hydroxyl groups is 1. The lowest BCUT2D eigenvalue weighted by atomic mass is 9.93. The zero-order valence-corrected chi connectivity index (χ0v) is 20.9. The third kappa shape index (κ3) is 5.09. The zero-order valence-electron chi connectivity index (χ0n) is 20.1. The molecule has 0 spiro atoms. The number of benzene rings is 3. The summed E-state index contributed by atoms with van der Waals surface area (Å²) in [6.07, 6.45) is -0.0411. The van der Waals surface area contributed by atoms with Crippen LogP contribution >= 0.6 is 12.4 Å². The monoisotopic (exact) mass is 507 g/mol. The van der Waals surface area contributed by atoms with Crippen LogP contribution in [0.25, 0.3) is 0 Å². The first-order valence-corrected chi connectivity index (χ1v) is 12.0. The molecule has 5 rings (SSSR count). The van der Waals surface area contributed by atoms with E-state index in [2.05, 4.69) is 22.8 Å². The molecule has 2 heterocycles. The number of fused-ring (bicyclic) bond motifs is 2. The summed E-state index contributed by atoms with van der Waals surface area (Å²) in [6.45, 7) is 3.39. The molecular formula is C28H30ClN3O4. The normalized spacial score (nSPS) is 17.0. The first-order valence-electron chi connectivity index (χ1n) is 12.0. The highest BCUT2D eigenvalue weighted by Gasteiger charge is 2.31. The van der Waals surface area contributed by atoms with E-state index in [1.807, 2.05) is 49.4 Å². The van der Waals surface area contributed by atoms with E-state index in [1.54, 1.807) is 17.0 Å². The fourth-order valence-corrected chi connectivity index (χ4v) is 4.80. The van der Waals surface area contributed by atoms with Crippen LogP contribution in [0.15, 0.2) is 66.7 Å². The van der Waals surface area contributed by atoms with Crippen molar-refractivity contribution in [2.45, 2.75) is 38.6 Å². The molecule has 7 nitrogen and oxygen atoms in total. The highest BCUT2D eigenvalue weighted by atomic mass is 35.5. The maximum atomic E-state index is 13.1. The molecule has 3 aromatic carbocycles. The van der Waals surface area contributed by atoms with Gasteiger partial charge in [0.25, 0.3) is 11.8 Å². The molecule has 0 radical (unpaired) electrons. The number of ether oxygens (including phenoxy) is 1. The summed E-state index contributed by atoms with van der Waals surface area (Å²) >= 11 is 0. The van der Waals surface area contributed by atoms with Gasteiger partial charge in [0, 0.05) is 30.4 Å². The van der Waals surface area contributed by atoms with E-state index < -0.39 is 6.10 Å². The molecule has 2 atom stereocenters. The van der Waals surface area contributed by atoms with Crippen molar-refractivity contribution < 1.29 is 19.4 Å². The lowest BCUT2D eigenvalue weighted by Gasteiger charge is -2.30. The van der Waals surface area contributed by atoms with Crippen LogP contribution in [0, 0.1) is 0 Å². The van der Waals surface area contributed by atoms with Gasteiger partial charge in [0.05, 0.1) is 24.8 Å². The summed E-state index contributed by atoms with van der Waals surface area (Å²) in [5.74, 6) is -0.0819. The Morgan fingerprint density at radius 1 is 1.11 bits per heavy atom. The molecule has 3 N–H and O–H groups in total. The van der Waals surface area contributed by atoms with Crippen molar-refractivity contribution >= 4 is 29.9 Å². The summed E-state index contributed by atoms with van der Waals surface area (Å²) < 4.78 is 5.73. The molecule has 188 valence electrons. The second kappa shape index (κ2) is 11.1. The van der Waals surface area contributed by atoms with Gasteiger partial charge in [0.2, 0.25) is 0 Å². The fraction of sp³-hybridized carbons (Fsp3) is 0.286. The minimum absolute atomic E-state index is 0. The number of carbonyl (C=O) groups is 2. The Morgan fingerprint density at radius 3 is 2.58 bits per heavy atom. The van der Waals surface area contributed by atoms with E-state index in [-0.39, 0.29) is 36.8 Å². The number of anilines is 1. The van der Waals surface area contributed by atoms with E-state index in [4.69, 9.17) is 4.74 Å². The van der Waals surface area contributed by atoms with E-state index in [0.717, 1.165) is 11.3 Å². The average Bonchev–Trinajstić information content (AvgIpc) is 3.22. The SMILES string of the molecule is CCOc1cc2c(cc1C(=O)NCC(O)C1Cc3ccccc3CN1)CN(c1ccccc1)C2=O.Cl. The Bertz CT molecular complexity index is 1250. The van der Waals surface area contributed by atoms with Crippen molar-refractivity contribution in [1.29, 1.82) is 0 Å². The highest BCUT2D eigenvalue weighted by molar-refractivity contribution is 6.11. The third-order valence-corrected chi connectivity index (χ3v) is 6.67. The standard InChI is InChI=1S/C28H29N3O4.ClH/c1-2-35-26-14-22-20(17-31(28(22)34)21-10-4-3-5-11-21)12-23(26)27(33)30-16-25(32)24-13-18-8-6-7-9-19(18)15-29-24;/h3-12,14,24-25,29,32H,2,13,15-17H2,1H3,(H,30,33);1H. The largest absolute Gasteiger partial charge is 0.493 e. The van der Waals surface area contributed by atoms with Gasteiger partial charge in [0.15, 0.2) is 0 Å². The predicted octanol–water partition coefficient (Wildman–Crippen LogP) is 3.47. The summed E-state index contributed by atoms with van der Waals surface area (Å²) in [5, 5.41) is 17.0. The van der Waals surface area contributed by atoms with E-state index >= 15 is 0 Å². The van der Waals surface area contributed by atoms with Gasteiger partial charge in [-0.05, 0) is 54.3 Å². The molecule has 0 bridgehead atoms. The van der Waals surface area contributed by atoms with Crippen molar-refractivity contribution in [2.75, 3.05) is 18.1 Å². The van der Waals surface area contributed by atoms with Crippen LogP contribution in [0.5, 0.6) is 5.75 Å². The molecule has 8 heteroatoms. The van der Waals surface area contributed by atoms with Crippen LogP contribution in [-0.4, -0.2) is 42.2 Å². The summed E-state index contributed by atoms with van der Waals surface area (Å²) in [6, 6.07) is 20.9. The summed E-state index contributed by atoms with van der Waals surface area (Å²) in [4.78, 5) is 27.9. The number of hydrogen-bond donors (Lipinski definition) is 3. The zero-order chi connectivity index (χ0) is 24.4. The Balaban J connectivity index is 0.00000304.